The Labute approximate surface area is 140 Å². The lowest BCUT2D eigenvalue weighted by Crippen LogP contribution is -2.21. The highest BCUT2D eigenvalue weighted by Gasteiger charge is 2.19. The zero-order chi connectivity index (χ0) is 17.4. The Balaban J connectivity index is 2.48. The lowest BCUT2D eigenvalue weighted by atomic mass is 10.1. The Kier molecular flexibility index (Phi) is 4.81. The molecule has 0 amide bonds. The Hall–Kier alpha value is -1.86. The largest absolute Gasteiger partial charge is 0.366 e. The first-order valence-corrected chi connectivity index (χ1v) is 9.10. The summed E-state index contributed by atoms with van der Waals surface area (Å²) in [5.74, 6) is 0.560. The number of benzene rings is 1. The zero-order valence-electron chi connectivity index (χ0n) is 13.4. The van der Waals surface area contributed by atoms with Crippen LogP contribution in [0.4, 0.5) is 5.69 Å². The highest BCUT2D eigenvalue weighted by atomic mass is 35.5. The number of Topliss-reactive ketones (excluding diaryl/α,β-unsaturated/α-hetero) is 1. The van der Waals surface area contributed by atoms with Gasteiger partial charge in [-0.2, -0.15) is 0 Å². The molecule has 0 N–H and O–H groups in total. The number of hydrogen-bond donors (Lipinski definition) is 0. The number of halogens is 1. The second kappa shape index (κ2) is 6.33. The molecule has 0 saturated heterocycles. The van der Waals surface area contributed by atoms with E-state index in [1.165, 1.54) is 25.3 Å². The van der Waals surface area contributed by atoms with E-state index in [9.17, 15) is 13.2 Å². The Bertz CT molecular complexity index is 859. The van der Waals surface area contributed by atoms with Crippen molar-refractivity contribution in [3.05, 3.63) is 40.9 Å². The maximum absolute atomic E-state index is 12.0. The third-order valence-electron chi connectivity index (χ3n) is 3.58. The molecule has 0 aliphatic carbocycles. The van der Waals surface area contributed by atoms with Gasteiger partial charge in [0, 0.05) is 25.9 Å². The van der Waals surface area contributed by atoms with E-state index in [0.29, 0.717) is 28.8 Å². The number of ketones is 1. The van der Waals surface area contributed by atoms with Crippen LogP contribution in [0.5, 0.6) is 0 Å². The first kappa shape index (κ1) is 17.5. The first-order valence-electron chi connectivity index (χ1n) is 6.83. The lowest BCUT2D eigenvalue weighted by molar-refractivity contribution is 0.101. The molecule has 1 heterocycles. The molecule has 1 aromatic carbocycles. The summed E-state index contributed by atoms with van der Waals surface area (Å²) in [4.78, 5) is 17.7. The lowest BCUT2D eigenvalue weighted by Gasteiger charge is -2.22. The van der Waals surface area contributed by atoms with Crippen LogP contribution >= 0.6 is 11.6 Å². The van der Waals surface area contributed by atoms with Crippen molar-refractivity contribution in [3.8, 4) is 0 Å². The van der Waals surface area contributed by atoms with Gasteiger partial charge >= 0.3 is 0 Å². The fourth-order valence-corrected chi connectivity index (χ4v) is 3.27. The molecular formula is C15H18ClN3O3S. The van der Waals surface area contributed by atoms with E-state index in [1.807, 2.05) is 0 Å². The number of nitrogens with zero attached hydrogens (tertiary/aromatic N) is 3. The summed E-state index contributed by atoms with van der Waals surface area (Å²) in [6.07, 6.45) is 2.68. The van der Waals surface area contributed by atoms with E-state index in [4.69, 9.17) is 11.6 Å². The Morgan fingerprint density at radius 2 is 2.04 bits per heavy atom. The predicted molar refractivity (Wildman–Crippen MR) is 89.9 cm³/mol. The molecule has 0 radical (unpaired) electrons. The molecule has 0 spiro atoms. The smallest absolute Gasteiger partial charge is 0.177 e. The molecular weight excluding hydrogens is 338 g/mol. The molecule has 0 fully saturated rings. The van der Waals surface area contributed by atoms with E-state index in [-0.39, 0.29) is 10.7 Å². The molecule has 0 bridgehead atoms. The molecule has 124 valence electrons. The first-order chi connectivity index (χ1) is 10.6. The van der Waals surface area contributed by atoms with Gasteiger partial charge in [0.15, 0.2) is 15.6 Å². The maximum Gasteiger partial charge on any atom is 0.177 e. The van der Waals surface area contributed by atoms with Crippen LogP contribution < -0.4 is 4.90 Å². The predicted octanol–water partition coefficient (Wildman–Crippen LogP) is 2.32. The van der Waals surface area contributed by atoms with Crippen molar-refractivity contribution >= 4 is 32.9 Å². The van der Waals surface area contributed by atoms with Crippen LogP contribution in [0.15, 0.2) is 29.3 Å². The van der Waals surface area contributed by atoms with E-state index >= 15 is 0 Å². The van der Waals surface area contributed by atoms with Gasteiger partial charge in [-0.05, 0) is 25.1 Å². The van der Waals surface area contributed by atoms with Crippen LogP contribution in [0.3, 0.4) is 0 Å². The van der Waals surface area contributed by atoms with Gasteiger partial charge < -0.3 is 9.47 Å². The molecule has 0 aliphatic heterocycles. The van der Waals surface area contributed by atoms with Crippen molar-refractivity contribution < 1.29 is 13.2 Å². The van der Waals surface area contributed by atoms with Gasteiger partial charge in [0.25, 0.3) is 0 Å². The molecule has 0 unspecified atom stereocenters. The van der Waals surface area contributed by atoms with Crippen LogP contribution in [-0.2, 0) is 23.4 Å². The van der Waals surface area contributed by atoms with Crippen LogP contribution in [0.2, 0.25) is 5.15 Å². The minimum Gasteiger partial charge on any atom is -0.366 e. The molecule has 8 heteroatoms. The van der Waals surface area contributed by atoms with Gasteiger partial charge in [-0.1, -0.05) is 11.6 Å². The molecule has 6 nitrogen and oxygen atoms in total. The van der Waals surface area contributed by atoms with Crippen molar-refractivity contribution in [3.63, 3.8) is 0 Å². The SMILES string of the molecule is CC(=O)c1ccc(S(C)(=O)=O)c(N(C)Cc2ncc(Cl)n2C)c1. The average Bonchev–Trinajstić information content (AvgIpc) is 2.77. The van der Waals surface area contributed by atoms with E-state index < -0.39 is 9.84 Å². The molecule has 1 aromatic heterocycles. The summed E-state index contributed by atoms with van der Waals surface area (Å²) in [6.45, 7) is 1.80. The van der Waals surface area contributed by atoms with Crippen LogP contribution in [0, 0.1) is 0 Å². The van der Waals surface area contributed by atoms with Crippen LogP contribution in [0.25, 0.3) is 0 Å². The van der Waals surface area contributed by atoms with Gasteiger partial charge in [0.1, 0.15) is 11.0 Å². The Morgan fingerprint density at radius 3 is 2.52 bits per heavy atom. The second-order valence-electron chi connectivity index (χ2n) is 5.42. The van der Waals surface area contributed by atoms with Gasteiger partial charge in [0.05, 0.1) is 23.3 Å². The third-order valence-corrected chi connectivity index (χ3v) is 5.08. The summed E-state index contributed by atoms with van der Waals surface area (Å²) in [5.41, 5.74) is 0.913. The van der Waals surface area contributed by atoms with Crippen molar-refractivity contribution in [2.75, 3.05) is 18.2 Å². The summed E-state index contributed by atoms with van der Waals surface area (Å²) in [7, 11) is 0.102. The average molecular weight is 356 g/mol. The number of imidazole rings is 1. The van der Waals surface area contributed by atoms with Gasteiger partial charge in [-0.3, -0.25) is 4.79 Å². The number of rotatable bonds is 5. The number of anilines is 1. The van der Waals surface area contributed by atoms with Crippen molar-refractivity contribution in [1.29, 1.82) is 0 Å². The topological polar surface area (TPSA) is 72.3 Å². The normalized spacial score (nSPS) is 11.5. The Morgan fingerprint density at radius 1 is 1.39 bits per heavy atom. The van der Waals surface area contributed by atoms with Crippen molar-refractivity contribution in [2.24, 2.45) is 7.05 Å². The standard InChI is InChI=1S/C15H18ClN3O3S/c1-10(20)11-5-6-13(23(4,21)22)12(7-11)18(2)9-15-17-8-14(16)19(15)3/h5-8H,9H2,1-4H3. The third kappa shape index (κ3) is 3.73. The number of carbonyl (C=O) groups excluding carboxylic acids is 1. The fraction of sp³-hybridized carbons (Fsp3) is 0.333. The van der Waals surface area contributed by atoms with Crippen molar-refractivity contribution in [1.82, 2.24) is 9.55 Å². The van der Waals surface area contributed by atoms with Crippen molar-refractivity contribution in [2.45, 2.75) is 18.4 Å². The summed E-state index contributed by atoms with van der Waals surface area (Å²) < 4.78 is 25.7. The maximum atomic E-state index is 12.0. The van der Waals surface area contributed by atoms with Gasteiger partial charge in [-0.15, -0.1) is 0 Å². The number of aromatic nitrogens is 2. The van der Waals surface area contributed by atoms with Gasteiger partial charge in [-0.25, -0.2) is 13.4 Å². The molecule has 2 aromatic rings. The highest BCUT2D eigenvalue weighted by molar-refractivity contribution is 7.90. The molecule has 23 heavy (non-hydrogen) atoms. The van der Waals surface area contributed by atoms with Gasteiger partial charge in [0.2, 0.25) is 0 Å². The number of sulfone groups is 1. The van der Waals surface area contributed by atoms with E-state index in [2.05, 4.69) is 4.98 Å². The minimum atomic E-state index is -3.42. The second-order valence-corrected chi connectivity index (χ2v) is 7.79. The zero-order valence-corrected chi connectivity index (χ0v) is 14.9. The van der Waals surface area contributed by atoms with E-state index in [0.717, 1.165) is 6.26 Å². The number of carbonyl (C=O) groups is 1. The van der Waals surface area contributed by atoms with Crippen LogP contribution in [-0.4, -0.2) is 37.1 Å². The summed E-state index contributed by atoms with van der Waals surface area (Å²) in [6, 6.07) is 4.57. The minimum absolute atomic E-state index is 0.125. The molecule has 0 atom stereocenters. The fourth-order valence-electron chi connectivity index (χ4n) is 2.22. The quantitative estimate of drug-likeness (QED) is 0.769. The molecule has 0 aliphatic rings. The summed E-state index contributed by atoms with van der Waals surface area (Å²) >= 11 is 5.97. The summed E-state index contributed by atoms with van der Waals surface area (Å²) in [5, 5.41) is 0.495. The highest BCUT2D eigenvalue weighted by Crippen LogP contribution is 2.27. The number of hydrogen-bond acceptors (Lipinski definition) is 5. The molecule has 0 saturated carbocycles. The van der Waals surface area contributed by atoms with Crippen LogP contribution in [0.1, 0.15) is 23.1 Å². The molecule has 2 rings (SSSR count). The van der Waals surface area contributed by atoms with E-state index in [1.54, 1.807) is 29.6 Å². The monoisotopic (exact) mass is 355 g/mol.